The summed E-state index contributed by atoms with van der Waals surface area (Å²) < 4.78 is 0. The van der Waals surface area contributed by atoms with Gasteiger partial charge in [0.25, 0.3) is 5.91 Å². The van der Waals surface area contributed by atoms with Gasteiger partial charge in [0.2, 0.25) is 5.96 Å². The standard InChI is InChI=1S/C23H33N5O2/c1-4-5-6-7-8-9-13-28-21(29)19-20(25(3)23(28)30)24-22-26(14-15-27(19)22)18-12-10-11-17(2)16-18/h10-12,16,19-20H,4-9,13-15H2,1-3H3. The van der Waals surface area contributed by atoms with Gasteiger partial charge in [-0.3, -0.25) is 9.69 Å². The second-order valence-electron chi connectivity index (χ2n) is 8.62. The van der Waals surface area contributed by atoms with Gasteiger partial charge < -0.3 is 14.7 Å². The maximum absolute atomic E-state index is 13.3. The third kappa shape index (κ3) is 3.66. The van der Waals surface area contributed by atoms with Crippen LogP contribution in [0, 0.1) is 6.92 Å². The normalized spacial score (nSPS) is 23.2. The Morgan fingerprint density at radius 3 is 2.60 bits per heavy atom. The van der Waals surface area contributed by atoms with Crippen LogP contribution in [0.5, 0.6) is 0 Å². The zero-order chi connectivity index (χ0) is 21.3. The molecule has 0 aromatic heterocycles. The second kappa shape index (κ2) is 8.66. The number of benzene rings is 1. The van der Waals surface area contributed by atoms with Crippen molar-refractivity contribution in [3.8, 4) is 0 Å². The quantitative estimate of drug-likeness (QED) is 0.615. The van der Waals surface area contributed by atoms with Crippen molar-refractivity contribution < 1.29 is 9.59 Å². The van der Waals surface area contributed by atoms with E-state index in [0.29, 0.717) is 6.54 Å². The molecule has 0 bridgehead atoms. The minimum absolute atomic E-state index is 0.0958. The van der Waals surface area contributed by atoms with Gasteiger partial charge in [0, 0.05) is 32.4 Å². The van der Waals surface area contributed by atoms with E-state index < -0.39 is 12.2 Å². The maximum Gasteiger partial charge on any atom is 0.328 e. The van der Waals surface area contributed by atoms with Crippen LogP contribution in [0.1, 0.15) is 51.0 Å². The summed E-state index contributed by atoms with van der Waals surface area (Å²) in [6.45, 7) is 6.32. The minimum Gasteiger partial charge on any atom is -0.325 e. The number of likely N-dealkylation sites (N-methyl/N-ethyl adjacent to an activating group) is 1. The Morgan fingerprint density at radius 1 is 1.07 bits per heavy atom. The average Bonchev–Trinajstić information content (AvgIpc) is 3.30. The van der Waals surface area contributed by atoms with Gasteiger partial charge >= 0.3 is 6.03 Å². The molecule has 2 saturated heterocycles. The first-order chi connectivity index (χ1) is 14.5. The number of guanidine groups is 1. The van der Waals surface area contributed by atoms with Crippen molar-refractivity contribution in [2.45, 2.75) is 64.6 Å². The van der Waals surface area contributed by atoms with Gasteiger partial charge in [0.1, 0.15) is 0 Å². The summed E-state index contributed by atoms with van der Waals surface area (Å²) >= 11 is 0. The van der Waals surface area contributed by atoms with Gasteiger partial charge in [-0.25, -0.2) is 9.79 Å². The Balaban J connectivity index is 1.46. The van der Waals surface area contributed by atoms with E-state index in [1.165, 1.54) is 29.7 Å². The van der Waals surface area contributed by atoms with Crippen molar-refractivity contribution >= 4 is 23.6 Å². The van der Waals surface area contributed by atoms with Crippen LogP contribution in [0.15, 0.2) is 29.3 Å². The van der Waals surface area contributed by atoms with E-state index in [1.807, 2.05) is 6.07 Å². The lowest BCUT2D eigenvalue weighted by atomic mass is 10.1. The number of carbonyl (C=O) groups excluding carboxylic acids is 2. The lowest BCUT2D eigenvalue weighted by Gasteiger charge is -2.40. The molecular weight excluding hydrogens is 378 g/mol. The van der Waals surface area contributed by atoms with Gasteiger partial charge in [-0.15, -0.1) is 0 Å². The average molecular weight is 412 g/mol. The topological polar surface area (TPSA) is 59.5 Å². The van der Waals surface area contributed by atoms with Crippen LogP contribution in [0.3, 0.4) is 0 Å². The molecule has 1 aromatic carbocycles. The molecule has 2 atom stereocenters. The molecule has 1 aromatic rings. The largest absolute Gasteiger partial charge is 0.328 e. The Kier molecular flexibility index (Phi) is 5.97. The van der Waals surface area contributed by atoms with E-state index in [-0.39, 0.29) is 11.9 Å². The number of anilines is 1. The van der Waals surface area contributed by atoms with Crippen LogP contribution in [0.25, 0.3) is 0 Å². The molecule has 2 fully saturated rings. The minimum atomic E-state index is -0.437. The van der Waals surface area contributed by atoms with E-state index in [1.54, 1.807) is 11.9 Å². The lowest BCUT2D eigenvalue weighted by Crippen LogP contribution is -2.64. The molecule has 3 amide bonds. The number of fused-ring (bicyclic) bond motifs is 3. The molecule has 3 aliphatic heterocycles. The van der Waals surface area contributed by atoms with Crippen molar-refractivity contribution in [2.75, 3.05) is 31.6 Å². The van der Waals surface area contributed by atoms with Crippen LogP contribution in [0.4, 0.5) is 10.5 Å². The molecule has 0 radical (unpaired) electrons. The zero-order valence-electron chi connectivity index (χ0n) is 18.4. The lowest BCUT2D eigenvalue weighted by molar-refractivity contribution is -0.137. The molecule has 3 heterocycles. The van der Waals surface area contributed by atoms with E-state index in [9.17, 15) is 9.59 Å². The predicted octanol–water partition coefficient (Wildman–Crippen LogP) is 3.44. The van der Waals surface area contributed by atoms with Crippen molar-refractivity contribution in [3.63, 3.8) is 0 Å². The fourth-order valence-corrected chi connectivity index (χ4v) is 4.73. The summed E-state index contributed by atoms with van der Waals surface area (Å²) in [4.78, 5) is 38.4. The summed E-state index contributed by atoms with van der Waals surface area (Å²) in [5.41, 5.74) is 2.27. The summed E-state index contributed by atoms with van der Waals surface area (Å²) in [6, 6.07) is 7.70. The number of urea groups is 1. The fourth-order valence-electron chi connectivity index (χ4n) is 4.73. The Labute approximate surface area is 179 Å². The highest BCUT2D eigenvalue weighted by Gasteiger charge is 2.54. The molecular formula is C23H33N5O2. The van der Waals surface area contributed by atoms with Gasteiger partial charge in [-0.05, 0) is 31.0 Å². The highest BCUT2D eigenvalue weighted by molar-refractivity contribution is 6.08. The third-order valence-electron chi connectivity index (χ3n) is 6.43. The molecule has 4 rings (SSSR count). The van der Waals surface area contributed by atoms with Crippen LogP contribution in [0.2, 0.25) is 0 Å². The zero-order valence-corrected chi connectivity index (χ0v) is 18.4. The second-order valence-corrected chi connectivity index (χ2v) is 8.62. The smallest absolute Gasteiger partial charge is 0.325 e. The molecule has 7 heteroatoms. The number of unbranched alkanes of at least 4 members (excludes halogenated alkanes) is 5. The van der Waals surface area contributed by atoms with E-state index >= 15 is 0 Å². The van der Waals surface area contributed by atoms with Gasteiger partial charge in [0.05, 0.1) is 0 Å². The molecule has 162 valence electrons. The molecule has 3 aliphatic rings. The number of hydrogen-bond acceptors (Lipinski definition) is 5. The van der Waals surface area contributed by atoms with Crippen molar-refractivity contribution in [3.05, 3.63) is 29.8 Å². The Hall–Kier alpha value is -2.57. The molecule has 30 heavy (non-hydrogen) atoms. The number of carbonyl (C=O) groups is 2. The highest BCUT2D eigenvalue weighted by Crippen LogP contribution is 2.33. The summed E-state index contributed by atoms with van der Waals surface area (Å²) in [5, 5.41) is 0. The molecule has 0 spiro atoms. The number of nitrogens with zero attached hydrogens (tertiary/aromatic N) is 5. The molecule has 0 saturated carbocycles. The Bertz CT molecular complexity index is 839. The highest BCUT2D eigenvalue weighted by atomic mass is 16.2. The monoisotopic (exact) mass is 411 g/mol. The summed E-state index contributed by atoms with van der Waals surface area (Å²) in [6.07, 6.45) is 6.35. The maximum atomic E-state index is 13.3. The first kappa shape index (κ1) is 20.7. The number of rotatable bonds is 8. The van der Waals surface area contributed by atoms with Crippen LogP contribution < -0.4 is 4.90 Å². The van der Waals surface area contributed by atoms with Crippen LogP contribution in [-0.4, -0.2) is 71.5 Å². The van der Waals surface area contributed by atoms with Gasteiger partial charge in [-0.2, -0.15) is 0 Å². The van der Waals surface area contributed by atoms with Crippen molar-refractivity contribution in [2.24, 2.45) is 4.99 Å². The number of aliphatic imine (C=N–C) groups is 1. The molecule has 2 unspecified atom stereocenters. The molecule has 7 nitrogen and oxygen atoms in total. The van der Waals surface area contributed by atoms with E-state index in [0.717, 1.165) is 44.0 Å². The SMILES string of the molecule is CCCCCCCCN1C(=O)C2C(N=C3N(c4cccc(C)c4)CCN32)N(C)C1=O. The van der Waals surface area contributed by atoms with Crippen LogP contribution >= 0.6 is 0 Å². The molecule has 0 aliphatic carbocycles. The number of aryl methyl sites for hydroxylation is 1. The first-order valence-corrected chi connectivity index (χ1v) is 11.3. The van der Waals surface area contributed by atoms with Crippen molar-refractivity contribution in [1.82, 2.24) is 14.7 Å². The number of imide groups is 1. The third-order valence-corrected chi connectivity index (χ3v) is 6.43. The van der Waals surface area contributed by atoms with Gasteiger partial charge in [-0.1, -0.05) is 51.2 Å². The summed E-state index contributed by atoms with van der Waals surface area (Å²) in [5.74, 6) is 0.714. The fraction of sp³-hybridized carbons (Fsp3) is 0.609. The summed E-state index contributed by atoms with van der Waals surface area (Å²) in [7, 11) is 1.77. The van der Waals surface area contributed by atoms with Crippen molar-refractivity contribution in [1.29, 1.82) is 0 Å². The predicted molar refractivity (Wildman–Crippen MR) is 118 cm³/mol. The Morgan fingerprint density at radius 2 is 1.83 bits per heavy atom. The van der Waals surface area contributed by atoms with E-state index in [4.69, 9.17) is 4.99 Å². The molecule has 0 N–H and O–H groups in total. The van der Waals surface area contributed by atoms with E-state index in [2.05, 4.69) is 41.8 Å². The number of hydrogen-bond donors (Lipinski definition) is 0. The van der Waals surface area contributed by atoms with Crippen LogP contribution in [-0.2, 0) is 4.79 Å². The first-order valence-electron chi connectivity index (χ1n) is 11.3. The number of amides is 3. The van der Waals surface area contributed by atoms with Gasteiger partial charge in [0.15, 0.2) is 12.2 Å².